The van der Waals surface area contributed by atoms with Crippen LogP contribution in [0.4, 0.5) is 29.5 Å². The lowest BCUT2D eigenvalue weighted by Crippen LogP contribution is -2.35. The van der Waals surface area contributed by atoms with E-state index in [0.29, 0.717) is 11.9 Å². The second-order valence-electron chi connectivity index (χ2n) is 7.26. The molecule has 0 aromatic carbocycles. The molecule has 2 amide bonds. The van der Waals surface area contributed by atoms with Crippen molar-refractivity contribution in [3.05, 3.63) is 72.0 Å². The normalized spacial score (nSPS) is 11.3. The number of carbonyl (C=O) groups is 1. The van der Waals surface area contributed by atoms with E-state index in [2.05, 4.69) is 35.8 Å². The minimum Gasteiger partial charge on any atom is -0.306 e. The number of carbonyl (C=O) groups excluding carboxylic acids is 1. The number of anilines is 2. The summed E-state index contributed by atoms with van der Waals surface area (Å²) in [5.41, 5.74) is 3.08. The van der Waals surface area contributed by atoms with Crippen molar-refractivity contribution in [1.82, 2.24) is 25.2 Å². The highest BCUT2D eigenvalue weighted by Crippen LogP contribution is 2.30. The highest BCUT2D eigenvalue weighted by Gasteiger charge is 2.31. The number of rotatable bonds is 5. The van der Waals surface area contributed by atoms with Crippen LogP contribution in [-0.4, -0.2) is 31.2 Å². The molecule has 0 bridgehead atoms. The Bertz CT molecular complexity index is 1300. The monoisotopic (exact) mass is 471 g/mol. The van der Waals surface area contributed by atoms with Crippen molar-refractivity contribution in [3.63, 3.8) is 0 Å². The maximum atomic E-state index is 12.8. The number of halogens is 3. The maximum Gasteiger partial charge on any atom is 0.417 e. The maximum absolute atomic E-state index is 12.8. The Morgan fingerprint density at radius 3 is 2.50 bits per heavy atom. The summed E-state index contributed by atoms with van der Waals surface area (Å²) < 4.78 is 44.8. The van der Waals surface area contributed by atoms with E-state index >= 15 is 0 Å². The second kappa shape index (κ2) is 9.21. The fourth-order valence-corrected chi connectivity index (χ4v) is 3.19. The van der Waals surface area contributed by atoms with Crippen LogP contribution in [0.1, 0.15) is 22.6 Å². The Morgan fingerprint density at radius 1 is 1.06 bits per heavy atom. The number of pyridine rings is 2. The number of nitrogens with zero attached hydrogens (tertiary/aromatic N) is 6. The zero-order valence-electron chi connectivity index (χ0n) is 18.0. The van der Waals surface area contributed by atoms with Crippen molar-refractivity contribution < 1.29 is 27.2 Å². The third-order valence-electron chi connectivity index (χ3n) is 4.73. The highest BCUT2D eigenvalue weighted by molar-refractivity contribution is 5.98. The van der Waals surface area contributed by atoms with Crippen molar-refractivity contribution in [2.75, 3.05) is 10.6 Å². The Balaban J connectivity index is 1.38. The van der Waals surface area contributed by atoms with Gasteiger partial charge in [0.05, 0.1) is 17.4 Å². The number of nitrogens with one attached hydrogen (secondary N) is 2. The SMILES string of the molecule is Cc1ncnc(C)c1-c1ccc(C[n+]2cc(NC(=O)Nc3cncc(C(F)(F)F)c3)on2)nc1. The molecule has 0 atom stereocenters. The molecule has 0 spiro atoms. The molecule has 4 aromatic heterocycles. The third-order valence-corrected chi connectivity index (χ3v) is 4.73. The predicted molar refractivity (Wildman–Crippen MR) is 112 cm³/mol. The number of alkyl halides is 3. The Kier molecular flexibility index (Phi) is 6.17. The van der Waals surface area contributed by atoms with Crippen LogP contribution in [0.3, 0.4) is 0 Å². The minimum atomic E-state index is -4.57. The van der Waals surface area contributed by atoms with Crippen molar-refractivity contribution in [3.8, 4) is 11.1 Å². The molecule has 0 aliphatic rings. The van der Waals surface area contributed by atoms with Crippen LogP contribution < -0.4 is 15.3 Å². The smallest absolute Gasteiger partial charge is 0.306 e. The molecule has 13 heteroatoms. The van der Waals surface area contributed by atoms with E-state index in [4.69, 9.17) is 4.52 Å². The Hall–Kier alpha value is -4.42. The second-order valence-corrected chi connectivity index (χ2v) is 7.26. The number of urea groups is 1. The quantitative estimate of drug-likeness (QED) is 0.427. The Morgan fingerprint density at radius 2 is 1.82 bits per heavy atom. The van der Waals surface area contributed by atoms with Crippen molar-refractivity contribution in [2.45, 2.75) is 26.6 Å². The number of hydrogen-bond donors (Lipinski definition) is 2. The average molecular weight is 471 g/mol. The van der Waals surface area contributed by atoms with Crippen molar-refractivity contribution in [2.24, 2.45) is 0 Å². The summed E-state index contributed by atoms with van der Waals surface area (Å²) in [6.07, 6.45) is 1.83. The first kappa shape index (κ1) is 22.8. The summed E-state index contributed by atoms with van der Waals surface area (Å²) in [7, 11) is 0. The topological polar surface area (TPSA) is 123 Å². The van der Waals surface area contributed by atoms with Crippen LogP contribution in [0.5, 0.6) is 0 Å². The van der Waals surface area contributed by atoms with Gasteiger partial charge in [0.2, 0.25) is 11.8 Å². The molecule has 4 heterocycles. The van der Waals surface area contributed by atoms with Gasteiger partial charge < -0.3 is 5.32 Å². The third kappa shape index (κ3) is 5.31. The van der Waals surface area contributed by atoms with Gasteiger partial charge in [0.25, 0.3) is 6.20 Å². The lowest BCUT2D eigenvalue weighted by atomic mass is 10.0. The lowest BCUT2D eigenvalue weighted by Gasteiger charge is -2.08. The van der Waals surface area contributed by atoms with Crippen LogP contribution in [0.25, 0.3) is 11.1 Å². The van der Waals surface area contributed by atoms with Crippen LogP contribution in [0, 0.1) is 13.8 Å². The summed E-state index contributed by atoms with van der Waals surface area (Å²) in [5.74, 6) is -0.0123. The van der Waals surface area contributed by atoms with Gasteiger partial charge in [-0.05, 0) is 30.7 Å². The van der Waals surface area contributed by atoms with E-state index in [-0.39, 0.29) is 18.1 Å². The van der Waals surface area contributed by atoms with Gasteiger partial charge in [-0.15, -0.1) is 0 Å². The van der Waals surface area contributed by atoms with Gasteiger partial charge in [0.15, 0.2) is 0 Å². The first-order valence-electron chi connectivity index (χ1n) is 9.89. The molecule has 34 heavy (non-hydrogen) atoms. The molecule has 0 aliphatic heterocycles. The van der Waals surface area contributed by atoms with Crippen molar-refractivity contribution >= 4 is 17.6 Å². The zero-order valence-corrected chi connectivity index (χ0v) is 18.0. The summed E-state index contributed by atoms with van der Waals surface area (Å²) in [4.78, 5) is 28.4. The van der Waals surface area contributed by atoms with Gasteiger partial charge in [-0.1, -0.05) is 6.07 Å². The van der Waals surface area contributed by atoms with Gasteiger partial charge in [-0.2, -0.15) is 13.2 Å². The van der Waals surface area contributed by atoms with Crippen LogP contribution in [-0.2, 0) is 12.7 Å². The molecular formula is C21H18F3N8O2+. The fourth-order valence-electron chi connectivity index (χ4n) is 3.19. The molecule has 0 saturated heterocycles. The van der Waals surface area contributed by atoms with Gasteiger partial charge in [0.1, 0.15) is 12.0 Å². The fraction of sp³-hybridized carbons (Fsp3) is 0.190. The molecule has 0 fully saturated rings. The summed E-state index contributed by atoms with van der Waals surface area (Å²) in [6, 6.07) is 3.68. The van der Waals surface area contributed by atoms with Gasteiger partial charge in [-0.3, -0.25) is 19.8 Å². The zero-order chi connectivity index (χ0) is 24.3. The molecule has 0 unspecified atom stereocenters. The number of aryl methyl sites for hydroxylation is 2. The first-order valence-corrected chi connectivity index (χ1v) is 9.89. The standard InChI is InChI=1S/C21H17F3N8O2/c1-12-19(13(2)28-11-27-12)14-3-4-16(26-6-14)9-32-10-18(34-31-32)30-20(33)29-17-5-15(7-25-8-17)21(22,23)24/h3-8,10-11H,9H2,1-2H3,(H-,29,30,31,33)/p+1. The predicted octanol–water partition coefficient (Wildman–Crippen LogP) is 3.54. The van der Waals surface area contributed by atoms with Crippen molar-refractivity contribution in [1.29, 1.82) is 0 Å². The van der Waals surface area contributed by atoms with Gasteiger partial charge >= 0.3 is 18.1 Å². The molecule has 0 radical (unpaired) electrons. The summed E-state index contributed by atoms with van der Waals surface area (Å²) in [6.45, 7) is 4.06. The molecular weight excluding hydrogens is 453 g/mol. The molecule has 4 rings (SSSR count). The Labute approximate surface area is 190 Å². The van der Waals surface area contributed by atoms with Crippen LogP contribution in [0.2, 0.25) is 0 Å². The van der Waals surface area contributed by atoms with Gasteiger partial charge in [-0.25, -0.2) is 14.8 Å². The largest absolute Gasteiger partial charge is 0.417 e. The number of aromatic nitrogens is 6. The van der Waals surface area contributed by atoms with Gasteiger partial charge in [0, 0.05) is 34.9 Å². The molecule has 0 saturated carbocycles. The average Bonchev–Trinajstić information content (AvgIpc) is 3.21. The van der Waals surface area contributed by atoms with E-state index < -0.39 is 17.8 Å². The van der Waals surface area contributed by atoms with E-state index in [1.54, 1.807) is 6.20 Å². The molecule has 174 valence electrons. The lowest BCUT2D eigenvalue weighted by molar-refractivity contribution is -0.755. The first-order chi connectivity index (χ1) is 16.2. The molecule has 0 aliphatic carbocycles. The highest BCUT2D eigenvalue weighted by atomic mass is 19.4. The summed E-state index contributed by atoms with van der Waals surface area (Å²) >= 11 is 0. The molecule has 10 nitrogen and oxygen atoms in total. The van der Waals surface area contributed by atoms with E-state index in [0.717, 1.165) is 34.8 Å². The number of hydrogen-bond acceptors (Lipinski definition) is 7. The van der Waals surface area contributed by atoms with Crippen LogP contribution >= 0.6 is 0 Å². The van der Waals surface area contributed by atoms with Crippen LogP contribution in [0.15, 0.2) is 53.8 Å². The van der Waals surface area contributed by atoms with E-state index in [9.17, 15) is 18.0 Å². The minimum absolute atomic E-state index is 0.0123. The van der Waals surface area contributed by atoms with E-state index in [1.165, 1.54) is 17.2 Å². The summed E-state index contributed by atoms with van der Waals surface area (Å²) in [5, 5.41) is 8.42. The number of amides is 2. The van der Waals surface area contributed by atoms with E-state index in [1.807, 2.05) is 26.0 Å². The molecule has 2 N–H and O–H groups in total. The molecule has 4 aromatic rings.